The number of carboxylic acid groups (broad SMARTS) is 1. The fourth-order valence-electron chi connectivity index (χ4n) is 2.49. The Hall–Kier alpha value is -1.29. The van der Waals surface area contributed by atoms with Crippen LogP contribution in [0.4, 0.5) is 5.82 Å². The van der Waals surface area contributed by atoms with Crippen molar-refractivity contribution in [3.63, 3.8) is 0 Å². The molecular weight excluding hydrogens is 264 g/mol. The molecule has 1 aromatic rings. The van der Waals surface area contributed by atoms with Gasteiger partial charge < -0.3 is 10.0 Å². The predicted octanol–water partition coefficient (Wildman–Crippen LogP) is 3.31. The lowest BCUT2D eigenvalue weighted by Gasteiger charge is -2.27. The van der Waals surface area contributed by atoms with Crippen molar-refractivity contribution in [1.29, 1.82) is 0 Å². The Balaban J connectivity index is 2.28. The van der Waals surface area contributed by atoms with E-state index in [4.69, 9.17) is 11.6 Å². The number of halogens is 1. The number of nitrogens with zero attached hydrogens (tertiary/aromatic N) is 2. The fraction of sp³-hybridized carbons (Fsp3) is 0.571. The van der Waals surface area contributed by atoms with Crippen LogP contribution in [0, 0.1) is 11.3 Å². The number of pyridine rings is 1. The molecular formula is C14H19ClN2O2. The maximum absolute atomic E-state index is 11.3. The zero-order chi connectivity index (χ0) is 14.2. The first kappa shape index (κ1) is 14.1. The van der Waals surface area contributed by atoms with Crippen LogP contribution in [0.5, 0.6) is 0 Å². The number of hydrogen-bond acceptors (Lipinski definition) is 3. The van der Waals surface area contributed by atoms with E-state index in [1.54, 1.807) is 0 Å². The summed E-state index contributed by atoms with van der Waals surface area (Å²) in [6.07, 6.45) is 1.05. The van der Waals surface area contributed by atoms with E-state index in [9.17, 15) is 9.90 Å². The van der Waals surface area contributed by atoms with E-state index < -0.39 is 5.97 Å². The van der Waals surface area contributed by atoms with E-state index in [0.717, 1.165) is 19.5 Å². The van der Waals surface area contributed by atoms with Gasteiger partial charge in [-0.3, -0.25) is 0 Å². The number of carbonyl (C=O) groups is 1. The van der Waals surface area contributed by atoms with Gasteiger partial charge in [0.1, 0.15) is 16.5 Å². The van der Waals surface area contributed by atoms with Crippen molar-refractivity contribution in [2.24, 2.45) is 11.3 Å². The van der Waals surface area contributed by atoms with Gasteiger partial charge in [0.05, 0.1) is 0 Å². The molecule has 19 heavy (non-hydrogen) atoms. The molecule has 1 unspecified atom stereocenters. The summed E-state index contributed by atoms with van der Waals surface area (Å²) >= 11 is 5.90. The van der Waals surface area contributed by atoms with Crippen molar-refractivity contribution in [2.45, 2.75) is 27.2 Å². The van der Waals surface area contributed by atoms with Gasteiger partial charge in [-0.1, -0.05) is 32.4 Å². The standard InChI is InChI=1S/C14H19ClN2O2/c1-14(2,3)9-6-7-17(8-9)12-10(13(18)19)4-5-11(15)16-12/h4-5,9H,6-8H2,1-3H3,(H,18,19). The molecule has 1 atom stereocenters. The number of aromatic nitrogens is 1. The Morgan fingerprint density at radius 1 is 1.47 bits per heavy atom. The Bertz CT molecular complexity index is 497. The van der Waals surface area contributed by atoms with Crippen LogP contribution in [0.15, 0.2) is 12.1 Å². The Kier molecular flexibility index (Phi) is 3.72. The van der Waals surface area contributed by atoms with Crippen molar-refractivity contribution in [2.75, 3.05) is 18.0 Å². The quantitative estimate of drug-likeness (QED) is 0.846. The van der Waals surface area contributed by atoms with Crippen LogP contribution in [-0.2, 0) is 0 Å². The van der Waals surface area contributed by atoms with Gasteiger partial charge in [-0.25, -0.2) is 9.78 Å². The third kappa shape index (κ3) is 3.00. The highest BCUT2D eigenvalue weighted by Crippen LogP contribution is 2.36. The van der Waals surface area contributed by atoms with Gasteiger partial charge in [-0.05, 0) is 29.9 Å². The highest BCUT2D eigenvalue weighted by Gasteiger charge is 2.33. The molecule has 5 heteroatoms. The molecule has 1 aromatic heterocycles. The molecule has 2 heterocycles. The van der Waals surface area contributed by atoms with E-state index in [0.29, 0.717) is 16.9 Å². The van der Waals surface area contributed by atoms with Crippen LogP contribution in [-0.4, -0.2) is 29.1 Å². The molecule has 0 spiro atoms. The molecule has 1 aliphatic heterocycles. The molecule has 1 saturated heterocycles. The zero-order valence-corrected chi connectivity index (χ0v) is 12.2. The number of anilines is 1. The highest BCUT2D eigenvalue weighted by atomic mass is 35.5. The second-order valence-corrected chi connectivity index (χ2v) is 6.50. The second kappa shape index (κ2) is 5.00. The smallest absolute Gasteiger partial charge is 0.339 e. The molecule has 0 radical (unpaired) electrons. The van der Waals surface area contributed by atoms with Crippen molar-refractivity contribution in [3.05, 3.63) is 22.8 Å². The first-order valence-electron chi connectivity index (χ1n) is 6.44. The number of hydrogen-bond donors (Lipinski definition) is 1. The van der Waals surface area contributed by atoms with E-state index >= 15 is 0 Å². The van der Waals surface area contributed by atoms with Crippen LogP contribution >= 0.6 is 11.6 Å². The van der Waals surface area contributed by atoms with Crippen molar-refractivity contribution < 1.29 is 9.90 Å². The fourth-order valence-corrected chi connectivity index (χ4v) is 2.64. The Morgan fingerprint density at radius 2 is 2.16 bits per heavy atom. The summed E-state index contributed by atoms with van der Waals surface area (Å²) in [6, 6.07) is 3.04. The lowest BCUT2D eigenvalue weighted by atomic mass is 9.80. The summed E-state index contributed by atoms with van der Waals surface area (Å²) in [5.41, 5.74) is 0.440. The van der Waals surface area contributed by atoms with Crippen LogP contribution in [0.1, 0.15) is 37.6 Å². The Morgan fingerprint density at radius 3 is 2.68 bits per heavy atom. The molecule has 1 fully saturated rings. The first-order valence-corrected chi connectivity index (χ1v) is 6.81. The highest BCUT2D eigenvalue weighted by molar-refractivity contribution is 6.29. The molecule has 0 bridgehead atoms. The normalized spacial score (nSPS) is 19.8. The lowest BCUT2D eigenvalue weighted by molar-refractivity contribution is 0.0697. The molecule has 4 nitrogen and oxygen atoms in total. The molecule has 0 saturated carbocycles. The first-order chi connectivity index (χ1) is 8.79. The van der Waals surface area contributed by atoms with Gasteiger partial charge in [0.25, 0.3) is 0 Å². The minimum Gasteiger partial charge on any atom is -0.478 e. The topological polar surface area (TPSA) is 53.4 Å². The van der Waals surface area contributed by atoms with E-state index in [1.165, 1.54) is 12.1 Å². The molecule has 0 amide bonds. The molecule has 1 aliphatic rings. The van der Waals surface area contributed by atoms with Gasteiger partial charge in [0, 0.05) is 13.1 Å². The summed E-state index contributed by atoms with van der Waals surface area (Å²) in [7, 11) is 0. The van der Waals surface area contributed by atoms with Crippen LogP contribution in [0.2, 0.25) is 5.15 Å². The monoisotopic (exact) mass is 282 g/mol. The summed E-state index contributed by atoms with van der Waals surface area (Å²) in [4.78, 5) is 17.5. The van der Waals surface area contributed by atoms with Gasteiger partial charge in [0.2, 0.25) is 0 Å². The lowest BCUT2D eigenvalue weighted by Crippen LogP contribution is -2.27. The van der Waals surface area contributed by atoms with E-state index in [1.807, 2.05) is 4.90 Å². The predicted molar refractivity (Wildman–Crippen MR) is 76.0 cm³/mol. The third-order valence-electron chi connectivity index (χ3n) is 3.78. The van der Waals surface area contributed by atoms with Crippen LogP contribution in [0.3, 0.4) is 0 Å². The Labute approximate surface area is 118 Å². The zero-order valence-electron chi connectivity index (χ0n) is 11.5. The number of carboxylic acids is 1. The third-order valence-corrected chi connectivity index (χ3v) is 3.99. The minimum absolute atomic E-state index is 0.219. The van der Waals surface area contributed by atoms with E-state index in [2.05, 4.69) is 25.8 Å². The molecule has 0 aliphatic carbocycles. The maximum atomic E-state index is 11.3. The maximum Gasteiger partial charge on any atom is 0.339 e. The van der Waals surface area contributed by atoms with Crippen LogP contribution in [0.25, 0.3) is 0 Å². The van der Waals surface area contributed by atoms with Gasteiger partial charge in [-0.15, -0.1) is 0 Å². The molecule has 1 N–H and O–H groups in total. The molecule has 2 rings (SSSR count). The second-order valence-electron chi connectivity index (χ2n) is 6.11. The molecule has 0 aromatic carbocycles. The van der Waals surface area contributed by atoms with Gasteiger partial charge >= 0.3 is 5.97 Å². The summed E-state index contributed by atoms with van der Waals surface area (Å²) < 4.78 is 0. The van der Waals surface area contributed by atoms with Crippen molar-refractivity contribution >= 4 is 23.4 Å². The van der Waals surface area contributed by atoms with Gasteiger partial charge in [-0.2, -0.15) is 0 Å². The van der Waals surface area contributed by atoms with Crippen molar-refractivity contribution in [1.82, 2.24) is 4.98 Å². The average molecular weight is 283 g/mol. The van der Waals surface area contributed by atoms with Gasteiger partial charge in [0.15, 0.2) is 0 Å². The van der Waals surface area contributed by atoms with E-state index in [-0.39, 0.29) is 11.0 Å². The molecule has 104 valence electrons. The SMILES string of the molecule is CC(C)(C)C1CCN(c2nc(Cl)ccc2C(=O)O)C1. The minimum atomic E-state index is -0.960. The van der Waals surface area contributed by atoms with Crippen molar-refractivity contribution in [3.8, 4) is 0 Å². The summed E-state index contributed by atoms with van der Waals surface area (Å²) in [5.74, 6) is 0.0695. The summed E-state index contributed by atoms with van der Waals surface area (Å²) in [6.45, 7) is 8.30. The largest absolute Gasteiger partial charge is 0.478 e. The number of aromatic carboxylic acids is 1. The summed E-state index contributed by atoms with van der Waals surface area (Å²) in [5, 5.41) is 9.57. The average Bonchev–Trinajstić information content (AvgIpc) is 2.77. The number of rotatable bonds is 2. The van der Waals surface area contributed by atoms with Crippen LogP contribution < -0.4 is 4.90 Å².